The Balaban J connectivity index is 0. The fourth-order valence-electron chi connectivity index (χ4n) is 0. The van der Waals surface area contributed by atoms with Gasteiger partial charge in [0, 0.05) is 65.4 Å². The summed E-state index contributed by atoms with van der Waals surface area (Å²) in [5.41, 5.74) is 0. The second-order valence-electron chi connectivity index (χ2n) is 0. The van der Waals surface area contributed by atoms with Gasteiger partial charge in [-0.25, -0.2) is 0 Å². The summed E-state index contributed by atoms with van der Waals surface area (Å²) in [5, 5.41) is 0. The molecule has 4 N–H and O–H groups in total. The summed E-state index contributed by atoms with van der Waals surface area (Å²) in [7, 11) is 0. The summed E-state index contributed by atoms with van der Waals surface area (Å²) < 4.78 is 0. The quantitative estimate of drug-likeness (QED) is 0.554. The Morgan fingerprint density at radius 2 is 0.571 bits per heavy atom. The normalized spacial score (nSPS) is 0. The Bertz CT molecular complexity index is 10.9. The second-order valence-corrected chi connectivity index (χ2v) is 0. The first kappa shape index (κ1) is 133. The maximum atomic E-state index is 0. The molecule has 4 heteroatoms. The van der Waals surface area contributed by atoms with Crippen LogP contribution in [0.4, 0.5) is 0 Å². The molecule has 0 unspecified atom stereocenters. The molecule has 0 bridgehead atoms. The van der Waals surface area contributed by atoms with Crippen molar-refractivity contribution in [3.05, 3.63) is 7.43 Å². The molecule has 0 aromatic carbocycles. The molecule has 0 aromatic rings. The van der Waals surface area contributed by atoms with Gasteiger partial charge in [0.25, 0.3) is 0 Å². The van der Waals surface area contributed by atoms with E-state index in [1.54, 1.807) is 0 Å². The van der Waals surface area contributed by atoms with Crippen LogP contribution in [0.25, 0.3) is 0 Å². The third kappa shape index (κ3) is 67.4. The molecule has 0 aliphatic rings. The molecule has 2 nitrogen and oxygen atoms in total. The fourth-order valence-corrected chi connectivity index (χ4v) is 0. The summed E-state index contributed by atoms with van der Waals surface area (Å²) in [5.74, 6) is 0. The van der Waals surface area contributed by atoms with Gasteiger partial charge >= 0.3 is 0 Å². The number of hydrogen-bond acceptors (Lipinski definition) is 0. The van der Waals surface area contributed by atoms with E-state index in [4.69, 9.17) is 0 Å². The number of rotatable bonds is 0. The first-order chi connectivity index (χ1) is 0. The van der Waals surface area contributed by atoms with Gasteiger partial charge in [0.05, 0.1) is 0 Å². The van der Waals surface area contributed by atoms with Gasteiger partial charge in [-0.05, 0) is 0 Å². The van der Waals surface area contributed by atoms with Crippen LogP contribution in [-0.4, -0.2) is 11.0 Å². The predicted octanol–water partition coefficient (Wildman–Crippen LogP) is 0.0681. The minimum absolute atomic E-state index is 0. The smallest absolute Gasteiger partial charge is 0 e. The molecule has 0 aliphatic heterocycles. The topological polar surface area (TPSA) is 63.0 Å². The molecular formula is C3H15O2Y2-. The molecule has 0 rings (SSSR count). The van der Waals surface area contributed by atoms with E-state index in [0.29, 0.717) is 0 Å². The minimum atomic E-state index is 0. The molecule has 0 saturated heterocycles. The molecule has 2 radical (unpaired) electrons. The molecule has 0 amide bonds. The van der Waals surface area contributed by atoms with Crippen molar-refractivity contribution >= 4 is 0 Å². The summed E-state index contributed by atoms with van der Waals surface area (Å²) in [6.07, 6.45) is 0. The Hall–Kier alpha value is 2.13. The standard InChI is InChI=1S/2CH4.CH3.2H2O.2Y/h2*1H4;1H3;2*1H2;;/q;;-1;;;;. The van der Waals surface area contributed by atoms with Crippen LogP contribution < -0.4 is 0 Å². The van der Waals surface area contributed by atoms with Crippen LogP contribution in [0, 0.1) is 7.43 Å². The fraction of sp³-hybridized carbons (Fsp3) is 0.667. The maximum Gasteiger partial charge on any atom is 0 e. The van der Waals surface area contributed by atoms with E-state index >= 15 is 0 Å². The SMILES string of the molecule is C.C.O.O.[CH3-].[Y].[Y]. The third-order valence-corrected chi connectivity index (χ3v) is 0. The van der Waals surface area contributed by atoms with Crippen molar-refractivity contribution in [2.24, 2.45) is 0 Å². The first-order valence-corrected chi connectivity index (χ1v) is 0. The molecule has 0 aliphatic carbocycles. The Kier molecular flexibility index (Phi) is 1740. The van der Waals surface area contributed by atoms with Gasteiger partial charge in [-0.15, -0.1) is 0 Å². The maximum absolute atomic E-state index is 0. The van der Waals surface area contributed by atoms with Gasteiger partial charge in [-0.1, -0.05) is 14.9 Å². The molecule has 0 heterocycles. The molecule has 0 atom stereocenters. The zero-order valence-electron chi connectivity index (χ0n) is 3.15. The molecule has 0 spiro atoms. The van der Waals surface area contributed by atoms with Crippen LogP contribution in [0.1, 0.15) is 14.9 Å². The second kappa shape index (κ2) is 91.2. The van der Waals surface area contributed by atoms with E-state index in [9.17, 15) is 0 Å². The van der Waals surface area contributed by atoms with Crippen molar-refractivity contribution in [3.63, 3.8) is 0 Å². The monoisotopic (exact) mass is 261 g/mol. The predicted molar refractivity (Wildman–Crippen MR) is 27.1 cm³/mol. The largest absolute Gasteiger partial charge is 0.412 e. The van der Waals surface area contributed by atoms with Crippen LogP contribution in [0.3, 0.4) is 0 Å². The third-order valence-electron chi connectivity index (χ3n) is 0. The Morgan fingerprint density at radius 3 is 0.571 bits per heavy atom. The van der Waals surface area contributed by atoms with E-state index in [1.807, 2.05) is 0 Å². The van der Waals surface area contributed by atoms with Gasteiger partial charge in [0.2, 0.25) is 0 Å². The molecule has 0 aromatic heterocycles. The van der Waals surface area contributed by atoms with Crippen molar-refractivity contribution in [3.8, 4) is 0 Å². The zero-order valence-corrected chi connectivity index (χ0v) is 8.83. The van der Waals surface area contributed by atoms with Gasteiger partial charge in [0.1, 0.15) is 0 Å². The van der Waals surface area contributed by atoms with Gasteiger partial charge < -0.3 is 18.4 Å². The van der Waals surface area contributed by atoms with Crippen molar-refractivity contribution in [2.75, 3.05) is 0 Å². The molecule has 7 heavy (non-hydrogen) atoms. The number of hydrogen-bond donors (Lipinski definition) is 0. The van der Waals surface area contributed by atoms with Crippen molar-refractivity contribution in [2.45, 2.75) is 14.9 Å². The van der Waals surface area contributed by atoms with Crippen LogP contribution in [-0.2, 0) is 65.4 Å². The summed E-state index contributed by atoms with van der Waals surface area (Å²) in [6, 6.07) is 0. The van der Waals surface area contributed by atoms with Crippen molar-refractivity contribution in [1.82, 2.24) is 0 Å². The summed E-state index contributed by atoms with van der Waals surface area (Å²) >= 11 is 0. The average molecular weight is 261 g/mol. The summed E-state index contributed by atoms with van der Waals surface area (Å²) in [6.45, 7) is 0. The summed E-state index contributed by atoms with van der Waals surface area (Å²) in [4.78, 5) is 0. The van der Waals surface area contributed by atoms with Gasteiger partial charge in [0.15, 0.2) is 0 Å². The zero-order chi connectivity index (χ0) is 0. The minimum Gasteiger partial charge on any atom is -0.412 e. The Morgan fingerprint density at radius 1 is 0.571 bits per heavy atom. The molecule has 0 saturated carbocycles. The van der Waals surface area contributed by atoms with Crippen molar-refractivity contribution < 1.29 is 76.4 Å². The molecular weight excluding hydrogens is 246 g/mol. The van der Waals surface area contributed by atoms with Gasteiger partial charge in [-0.2, -0.15) is 0 Å². The van der Waals surface area contributed by atoms with Crippen molar-refractivity contribution in [1.29, 1.82) is 0 Å². The van der Waals surface area contributed by atoms with Crippen LogP contribution >= 0.6 is 0 Å². The van der Waals surface area contributed by atoms with Crippen LogP contribution in [0.2, 0.25) is 0 Å². The molecule has 0 fully saturated rings. The average Bonchev–Trinajstić information content (AvgIpc) is 0. The van der Waals surface area contributed by atoms with E-state index in [-0.39, 0.29) is 98.7 Å². The van der Waals surface area contributed by atoms with E-state index < -0.39 is 0 Å². The first-order valence-electron chi connectivity index (χ1n) is 0. The Labute approximate surface area is 97.2 Å². The van der Waals surface area contributed by atoms with Crippen LogP contribution in [0.15, 0.2) is 0 Å². The van der Waals surface area contributed by atoms with Crippen LogP contribution in [0.5, 0.6) is 0 Å². The van der Waals surface area contributed by atoms with E-state index in [1.165, 1.54) is 0 Å². The van der Waals surface area contributed by atoms with Gasteiger partial charge in [-0.3, -0.25) is 0 Å². The molecule has 46 valence electrons. The van der Waals surface area contributed by atoms with E-state index in [2.05, 4.69) is 0 Å². The van der Waals surface area contributed by atoms with E-state index in [0.717, 1.165) is 0 Å².